The maximum atomic E-state index is 11.1. The molecule has 0 fully saturated rings. The van der Waals surface area contributed by atoms with Crippen LogP contribution in [-0.2, 0) is 4.79 Å². The van der Waals surface area contributed by atoms with Gasteiger partial charge < -0.3 is 20.7 Å². The number of ether oxygens (including phenoxy) is 1. The molecule has 0 aliphatic rings. The number of carbonyl (C=O) groups is 1. The van der Waals surface area contributed by atoms with Crippen molar-refractivity contribution >= 4 is 34.7 Å². The number of nitrogens with zero attached hydrogens (tertiary/aromatic N) is 3. The van der Waals surface area contributed by atoms with Crippen molar-refractivity contribution in [2.45, 2.75) is 26.9 Å². The summed E-state index contributed by atoms with van der Waals surface area (Å²) in [4.78, 5) is 15.5. The highest BCUT2D eigenvalue weighted by atomic mass is 16.5. The van der Waals surface area contributed by atoms with E-state index in [1.54, 1.807) is 18.3 Å². The average molecular weight is 378 g/mol. The average Bonchev–Trinajstić information content (AvgIpc) is 2.64. The van der Waals surface area contributed by atoms with Gasteiger partial charge in [-0.3, -0.25) is 4.79 Å². The van der Waals surface area contributed by atoms with Crippen LogP contribution in [0.1, 0.15) is 20.8 Å². The molecule has 1 aromatic heterocycles. The van der Waals surface area contributed by atoms with E-state index in [0.29, 0.717) is 11.8 Å². The fourth-order valence-electron chi connectivity index (χ4n) is 2.42. The monoisotopic (exact) mass is 378 g/mol. The van der Waals surface area contributed by atoms with E-state index in [4.69, 9.17) is 4.74 Å². The standard InChI is InChI=1S/C20H22N6O2/c1-13(2)28-18-10-8-16(9-11-18)23-19-12-21-26-20(25-19)24-17-6-4-15(5-7-17)22-14(3)27/h4-13H,1-3H3,(H,22,27)(H2,23,24,25,26). The molecule has 0 unspecified atom stereocenters. The van der Waals surface area contributed by atoms with Gasteiger partial charge in [-0.05, 0) is 62.4 Å². The third-order valence-electron chi connectivity index (χ3n) is 3.52. The molecule has 0 saturated heterocycles. The molecule has 2 aromatic carbocycles. The molecule has 28 heavy (non-hydrogen) atoms. The minimum atomic E-state index is -0.115. The Bertz CT molecular complexity index is 926. The summed E-state index contributed by atoms with van der Waals surface area (Å²) in [6, 6.07) is 14.8. The Hall–Kier alpha value is -3.68. The van der Waals surface area contributed by atoms with Crippen LogP contribution in [-0.4, -0.2) is 27.2 Å². The fourth-order valence-corrected chi connectivity index (χ4v) is 2.42. The SMILES string of the molecule is CC(=O)Nc1ccc(Nc2nncc(Nc3ccc(OC(C)C)cc3)n2)cc1. The molecule has 0 aliphatic carbocycles. The predicted molar refractivity (Wildman–Crippen MR) is 109 cm³/mol. The Balaban J connectivity index is 1.64. The predicted octanol–water partition coefficient (Wildman–Crippen LogP) is 4.10. The molecule has 0 radical (unpaired) electrons. The van der Waals surface area contributed by atoms with Crippen molar-refractivity contribution in [2.24, 2.45) is 0 Å². The summed E-state index contributed by atoms with van der Waals surface area (Å²) >= 11 is 0. The van der Waals surface area contributed by atoms with Gasteiger partial charge in [-0.2, -0.15) is 10.1 Å². The highest BCUT2D eigenvalue weighted by Crippen LogP contribution is 2.21. The second-order valence-corrected chi connectivity index (χ2v) is 6.36. The van der Waals surface area contributed by atoms with Crippen molar-refractivity contribution in [1.82, 2.24) is 15.2 Å². The Labute approximate surface area is 163 Å². The number of anilines is 5. The van der Waals surface area contributed by atoms with E-state index >= 15 is 0 Å². The fraction of sp³-hybridized carbons (Fsp3) is 0.200. The van der Waals surface area contributed by atoms with Crippen LogP contribution in [0.4, 0.5) is 28.8 Å². The number of benzene rings is 2. The maximum absolute atomic E-state index is 11.1. The lowest BCUT2D eigenvalue weighted by atomic mass is 10.3. The van der Waals surface area contributed by atoms with Crippen molar-refractivity contribution in [1.29, 1.82) is 0 Å². The molecule has 3 N–H and O–H groups in total. The van der Waals surface area contributed by atoms with E-state index < -0.39 is 0 Å². The number of nitrogens with one attached hydrogen (secondary N) is 3. The zero-order chi connectivity index (χ0) is 19.9. The van der Waals surface area contributed by atoms with Crippen molar-refractivity contribution in [3.63, 3.8) is 0 Å². The maximum Gasteiger partial charge on any atom is 0.249 e. The van der Waals surface area contributed by atoms with Crippen LogP contribution >= 0.6 is 0 Å². The highest BCUT2D eigenvalue weighted by Gasteiger charge is 2.04. The van der Waals surface area contributed by atoms with Gasteiger partial charge in [0.25, 0.3) is 0 Å². The summed E-state index contributed by atoms with van der Waals surface area (Å²) in [7, 11) is 0. The Morgan fingerprint density at radius 2 is 1.54 bits per heavy atom. The van der Waals surface area contributed by atoms with E-state index in [9.17, 15) is 4.79 Å². The van der Waals surface area contributed by atoms with Crippen LogP contribution in [0, 0.1) is 0 Å². The zero-order valence-corrected chi connectivity index (χ0v) is 15.9. The molecule has 0 bridgehead atoms. The Morgan fingerprint density at radius 1 is 0.929 bits per heavy atom. The van der Waals surface area contributed by atoms with Gasteiger partial charge in [-0.15, -0.1) is 5.10 Å². The van der Waals surface area contributed by atoms with Gasteiger partial charge in [0.15, 0.2) is 5.82 Å². The van der Waals surface area contributed by atoms with Crippen LogP contribution in [0.5, 0.6) is 5.75 Å². The van der Waals surface area contributed by atoms with Crippen LogP contribution in [0.3, 0.4) is 0 Å². The highest BCUT2D eigenvalue weighted by molar-refractivity contribution is 5.88. The number of carbonyl (C=O) groups excluding carboxylic acids is 1. The molecule has 1 heterocycles. The first-order valence-electron chi connectivity index (χ1n) is 8.86. The van der Waals surface area contributed by atoms with E-state index in [0.717, 1.165) is 22.8 Å². The van der Waals surface area contributed by atoms with Crippen molar-refractivity contribution in [3.8, 4) is 5.75 Å². The molecule has 3 aromatic rings. The molecule has 0 aliphatic heterocycles. The van der Waals surface area contributed by atoms with E-state index in [1.807, 2.05) is 50.2 Å². The molecule has 144 valence electrons. The first kappa shape index (κ1) is 19.1. The second kappa shape index (κ2) is 8.81. The van der Waals surface area contributed by atoms with Crippen LogP contribution in [0.25, 0.3) is 0 Å². The summed E-state index contributed by atoms with van der Waals surface area (Å²) in [6.07, 6.45) is 1.68. The summed E-state index contributed by atoms with van der Waals surface area (Å²) in [5.74, 6) is 1.61. The lowest BCUT2D eigenvalue weighted by Crippen LogP contribution is -2.06. The molecular weight excluding hydrogens is 356 g/mol. The first-order chi connectivity index (χ1) is 13.5. The topological polar surface area (TPSA) is 101 Å². The van der Waals surface area contributed by atoms with Crippen molar-refractivity contribution in [2.75, 3.05) is 16.0 Å². The van der Waals surface area contributed by atoms with Crippen molar-refractivity contribution < 1.29 is 9.53 Å². The lowest BCUT2D eigenvalue weighted by Gasteiger charge is -2.11. The second-order valence-electron chi connectivity index (χ2n) is 6.36. The number of rotatable bonds is 7. The third-order valence-corrected chi connectivity index (χ3v) is 3.52. The molecular formula is C20H22N6O2. The van der Waals surface area contributed by atoms with Crippen LogP contribution in [0.15, 0.2) is 54.7 Å². The van der Waals surface area contributed by atoms with Gasteiger partial charge in [0, 0.05) is 24.0 Å². The zero-order valence-electron chi connectivity index (χ0n) is 15.9. The Kier molecular flexibility index (Phi) is 6.01. The molecule has 0 spiro atoms. The van der Waals surface area contributed by atoms with Crippen LogP contribution in [0.2, 0.25) is 0 Å². The third kappa shape index (κ3) is 5.66. The molecule has 8 nitrogen and oxygen atoms in total. The summed E-state index contributed by atoms with van der Waals surface area (Å²) in [6.45, 7) is 5.44. The number of aromatic nitrogens is 3. The molecule has 8 heteroatoms. The van der Waals surface area contributed by atoms with Gasteiger partial charge in [-0.25, -0.2) is 0 Å². The van der Waals surface area contributed by atoms with Crippen molar-refractivity contribution in [3.05, 3.63) is 54.7 Å². The van der Waals surface area contributed by atoms with Gasteiger partial charge in [0.1, 0.15) is 5.75 Å². The summed E-state index contributed by atoms with van der Waals surface area (Å²) in [5, 5.41) is 16.9. The molecule has 0 saturated carbocycles. The first-order valence-corrected chi connectivity index (χ1v) is 8.86. The number of hydrogen-bond acceptors (Lipinski definition) is 7. The Morgan fingerprint density at radius 3 is 2.18 bits per heavy atom. The largest absolute Gasteiger partial charge is 0.491 e. The lowest BCUT2D eigenvalue weighted by molar-refractivity contribution is -0.114. The van der Waals surface area contributed by atoms with Gasteiger partial charge >= 0.3 is 0 Å². The molecule has 1 amide bonds. The molecule has 3 rings (SSSR count). The van der Waals surface area contributed by atoms with E-state index in [-0.39, 0.29) is 12.0 Å². The minimum absolute atomic E-state index is 0.115. The van der Waals surface area contributed by atoms with Gasteiger partial charge in [0.05, 0.1) is 12.3 Å². The quantitative estimate of drug-likeness (QED) is 0.569. The summed E-state index contributed by atoms with van der Waals surface area (Å²) < 4.78 is 5.64. The molecule has 0 atom stereocenters. The van der Waals surface area contributed by atoms with Gasteiger partial charge in [-0.1, -0.05) is 0 Å². The smallest absolute Gasteiger partial charge is 0.249 e. The van der Waals surface area contributed by atoms with Gasteiger partial charge in [0.2, 0.25) is 11.9 Å². The summed E-state index contributed by atoms with van der Waals surface area (Å²) in [5.41, 5.74) is 2.36. The van der Waals surface area contributed by atoms with Crippen LogP contribution < -0.4 is 20.7 Å². The number of hydrogen-bond donors (Lipinski definition) is 3. The number of amides is 1. The normalized spacial score (nSPS) is 10.4. The van der Waals surface area contributed by atoms with E-state index in [2.05, 4.69) is 31.1 Å². The minimum Gasteiger partial charge on any atom is -0.491 e. The van der Waals surface area contributed by atoms with E-state index in [1.165, 1.54) is 6.92 Å².